The second-order valence-corrected chi connectivity index (χ2v) is 4.69. The zero-order valence-electron chi connectivity index (χ0n) is 10.4. The summed E-state index contributed by atoms with van der Waals surface area (Å²) in [6.45, 7) is 1.47. The molecule has 1 N–H and O–H groups in total. The minimum absolute atomic E-state index is 0.00565. The van der Waals surface area contributed by atoms with E-state index in [0.29, 0.717) is 6.61 Å². The Labute approximate surface area is 106 Å². The van der Waals surface area contributed by atoms with Crippen molar-refractivity contribution in [2.75, 3.05) is 13.2 Å². The second kappa shape index (κ2) is 6.69. The van der Waals surface area contributed by atoms with Crippen LogP contribution in [-0.2, 0) is 0 Å². The van der Waals surface area contributed by atoms with Gasteiger partial charge in [0.1, 0.15) is 0 Å². The smallest absolute Gasteiger partial charge is 0.200 e. The number of hydrogen-bond donors (Lipinski definition) is 1. The monoisotopic (exact) mass is 255 g/mol. The average molecular weight is 255 g/mol. The van der Waals surface area contributed by atoms with Crippen molar-refractivity contribution in [3.63, 3.8) is 0 Å². The molecule has 0 spiro atoms. The molecule has 100 valence electrons. The Bertz CT molecular complexity index is 380. The summed E-state index contributed by atoms with van der Waals surface area (Å²) in [7, 11) is 0. The highest BCUT2D eigenvalue weighted by atomic mass is 19.2. The first kappa shape index (κ1) is 13.3. The Morgan fingerprint density at radius 1 is 1.17 bits per heavy atom. The van der Waals surface area contributed by atoms with Gasteiger partial charge in [0.05, 0.1) is 6.61 Å². The Balaban J connectivity index is 1.55. The molecule has 0 saturated heterocycles. The quantitative estimate of drug-likeness (QED) is 0.720. The topological polar surface area (TPSA) is 21.3 Å². The van der Waals surface area contributed by atoms with E-state index in [9.17, 15) is 8.78 Å². The normalized spacial score (nSPS) is 14.8. The Morgan fingerprint density at radius 3 is 2.78 bits per heavy atom. The van der Waals surface area contributed by atoms with Crippen molar-refractivity contribution in [3.8, 4) is 5.75 Å². The lowest BCUT2D eigenvalue weighted by molar-refractivity contribution is 0.285. The molecule has 1 aliphatic carbocycles. The Morgan fingerprint density at radius 2 is 2.00 bits per heavy atom. The average Bonchev–Trinajstić information content (AvgIpc) is 3.17. The van der Waals surface area contributed by atoms with Crippen LogP contribution in [0.3, 0.4) is 0 Å². The lowest BCUT2D eigenvalue weighted by Crippen LogP contribution is -2.17. The molecule has 0 bridgehead atoms. The molecule has 0 heterocycles. The van der Waals surface area contributed by atoms with Crippen LogP contribution in [0.25, 0.3) is 0 Å². The van der Waals surface area contributed by atoms with Crippen LogP contribution in [0, 0.1) is 11.6 Å². The van der Waals surface area contributed by atoms with Gasteiger partial charge in [0.25, 0.3) is 0 Å². The highest BCUT2D eigenvalue weighted by Gasteiger charge is 2.19. The third-order valence-electron chi connectivity index (χ3n) is 3.01. The van der Waals surface area contributed by atoms with Crippen molar-refractivity contribution in [2.24, 2.45) is 0 Å². The summed E-state index contributed by atoms with van der Waals surface area (Å²) in [5, 5.41) is 3.43. The number of benzene rings is 1. The van der Waals surface area contributed by atoms with E-state index >= 15 is 0 Å². The van der Waals surface area contributed by atoms with Crippen molar-refractivity contribution in [3.05, 3.63) is 29.8 Å². The molecule has 0 aromatic heterocycles. The van der Waals surface area contributed by atoms with E-state index in [1.807, 2.05) is 0 Å². The van der Waals surface area contributed by atoms with Crippen molar-refractivity contribution in [2.45, 2.75) is 38.1 Å². The molecule has 0 atom stereocenters. The summed E-state index contributed by atoms with van der Waals surface area (Å²) in [5.41, 5.74) is 0. The predicted octanol–water partition coefficient (Wildman–Crippen LogP) is 3.27. The first-order chi connectivity index (χ1) is 8.77. The molecule has 2 nitrogen and oxygen atoms in total. The summed E-state index contributed by atoms with van der Waals surface area (Å²) in [4.78, 5) is 0. The standard InChI is InChI=1S/C14H19F2NO/c15-12-5-4-6-13(14(12)16)18-10-3-1-2-9-17-11-7-8-11/h4-6,11,17H,1-3,7-10H2. The molecule has 0 radical (unpaired) electrons. The van der Waals surface area contributed by atoms with Crippen molar-refractivity contribution < 1.29 is 13.5 Å². The van der Waals surface area contributed by atoms with Crippen LogP contribution in [0.15, 0.2) is 18.2 Å². The van der Waals surface area contributed by atoms with Gasteiger partial charge in [0.15, 0.2) is 11.6 Å². The Kier molecular flexibility index (Phi) is 4.93. The number of unbranched alkanes of at least 4 members (excludes halogenated alkanes) is 2. The van der Waals surface area contributed by atoms with E-state index in [4.69, 9.17) is 4.74 Å². The zero-order chi connectivity index (χ0) is 12.8. The fraction of sp³-hybridized carbons (Fsp3) is 0.571. The van der Waals surface area contributed by atoms with E-state index in [2.05, 4.69) is 5.32 Å². The van der Waals surface area contributed by atoms with Gasteiger partial charge >= 0.3 is 0 Å². The van der Waals surface area contributed by atoms with Crippen LogP contribution in [0.4, 0.5) is 8.78 Å². The fourth-order valence-electron chi connectivity index (χ4n) is 1.78. The first-order valence-electron chi connectivity index (χ1n) is 6.57. The molecule has 0 amide bonds. The molecular formula is C14H19F2NO. The zero-order valence-corrected chi connectivity index (χ0v) is 10.4. The van der Waals surface area contributed by atoms with Gasteiger partial charge in [-0.05, 0) is 50.8 Å². The molecule has 0 unspecified atom stereocenters. The largest absolute Gasteiger partial charge is 0.490 e. The maximum atomic E-state index is 13.2. The van der Waals surface area contributed by atoms with E-state index in [-0.39, 0.29) is 5.75 Å². The number of nitrogens with one attached hydrogen (secondary N) is 1. The molecule has 4 heteroatoms. The molecule has 2 rings (SSSR count). The van der Waals surface area contributed by atoms with Crippen LogP contribution in [0.1, 0.15) is 32.1 Å². The van der Waals surface area contributed by atoms with Gasteiger partial charge in [-0.15, -0.1) is 0 Å². The van der Waals surface area contributed by atoms with E-state index in [1.54, 1.807) is 0 Å². The SMILES string of the molecule is Fc1cccc(OCCCCCNC2CC2)c1F. The van der Waals surface area contributed by atoms with Crippen LogP contribution in [-0.4, -0.2) is 19.2 Å². The number of halogens is 2. The van der Waals surface area contributed by atoms with Gasteiger partial charge in [-0.2, -0.15) is 4.39 Å². The van der Waals surface area contributed by atoms with Crippen LogP contribution < -0.4 is 10.1 Å². The fourth-order valence-corrected chi connectivity index (χ4v) is 1.78. The molecule has 1 aliphatic rings. The number of rotatable bonds is 8. The minimum Gasteiger partial charge on any atom is -0.490 e. The van der Waals surface area contributed by atoms with E-state index in [1.165, 1.54) is 25.0 Å². The van der Waals surface area contributed by atoms with Crippen LogP contribution in [0.2, 0.25) is 0 Å². The summed E-state index contributed by atoms with van der Waals surface area (Å²) >= 11 is 0. The minimum atomic E-state index is -0.895. The van der Waals surface area contributed by atoms with Gasteiger partial charge in [-0.3, -0.25) is 0 Å². The van der Waals surface area contributed by atoms with E-state index < -0.39 is 11.6 Å². The number of hydrogen-bond acceptors (Lipinski definition) is 2. The summed E-state index contributed by atoms with van der Waals surface area (Å²) in [5.74, 6) is -1.75. The highest BCUT2D eigenvalue weighted by molar-refractivity contribution is 5.24. The molecule has 1 fully saturated rings. The third kappa shape index (κ3) is 4.26. The van der Waals surface area contributed by atoms with Gasteiger partial charge < -0.3 is 10.1 Å². The summed E-state index contributed by atoms with van der Waals surface area (Å²) < 4.78 is 31.3. The van der Waals surface area contributed by atoms with Crippen LogP contribution >= 0.6 is 0 Å². The molecule has 1 saturated carbocycles. The second-order valence-electron chi connectivity index (χ2n) is 4.69. The molecule has 18 heavy (non-hydrogen) atoms. The molecular weight excluding hydrogens is 236 g/mol. The number of ether oxygens (including phenoxy) is 1. The summed E-state index contributed by atoms with van der Waals surface area (Å²) in [6, 6.07) is 4.74. The van der Waals surface area contributed by atoms with Gasteiger partial charge in [0.2, 0.25) is 5.82 Å². The highest BCUT2D eigenvalue weighted by Crippen LogP contribution is 2.20. The van der Waals surface area contributed by atoms with Crippen molar-refractivity contribution >= 4 is 0 Å². The lowest BCUT2D eigenvalue weighted by Gasteiger charge is -2.07. The molecule has 1 aromatic carbocycles. The third-order valence-corrected chi connectivity index (χ3v) is 3.01. The van der Waals surface area contributed by atoms with Gasteiger partial charge in [-0.25, -0.2) is 4.39 Å². The van der Waals surface area contributed by atoms with Crippen molar-refractivity contribution in [1.29, 1.82) is 0 Å². The molecule has 0 aliphatic heterocycles. The summed E-state index contributed by atoms with van der Waals surface area (Å²) in [6.07, 6.45) is 5.62. The lowest BCUT2D eigenvalue weighted by atomic mass is 10.2. The molecule has 1 aromatic rings. The predicted molar refractivity (Wildman–Crippen MR) is 66.7 cm³/mol. The van der Waals surface area contributed by atoms with E-state index in [0.717, 1.165) is 37.9 Å². The van der Waals surface area contributed by atoms with Crippen LogP contribution in [0.5, 0.6) is 5.75 Å². The van der Waals surface area contributed by atoms with Gasteiger partial charge in [0, 0.05) is 6.04 Å². The van der Waals surface area contributed by atoms with Gasteiger partial charge in [-0.1, -0.05) is 6.07 Å². The Hall–Kier alpha value is -1.16. The maximum Gasteiger partial charge on any atom is 0.200 e. The maximum absolute atomic E-state index is 13.2. The first-order valence-corrected chi connectivity index (χ1v) is 6.57. The van der Waals surface area contributed by atoms with Crippen molar-refractivity contribution in [1.82, 2.24) is 5.32 Å².